The third-order valence-electron chi connectivity index (χ3n) is 4.83. The van der Waals surface area contributed by atoms with Crippen molar-refractivity contribution < 1.29 is 9.53 Å². The molecule has 1 saturated heterocycles. The molecule has 2 fully saturated rings. The van der Waals surface area contributed by atoms with Crippen molar-refractivity contribution in [2.75, 3.05) is 19.7 Å². The molecule has 1 unspecified atom stereocenters. The molecule has 2 aliphatic rings. The van der Waals surface area contributed by atoms with Gasteiger partial charge in [-0.25, -0.2) is 0 Å². The fraction of sp³-hybridized carbons (Fsp3) is 0.588. The van der Waals surface area contributed by atoms with Crippen molar-refractivity contribution in [2.24, 2.45) is 11.3 Å². The molecule has 5 heteroatoms. The Morgan fingerprint density at radius 1 is 1.36 bits per heavy atom. The largest absolute Gasteiger partial charge is 0.494 e. The first-order chi connectivity index (χ1) is 10.2. The number of carbonyl (C=O) groups excluding carboxylic acids is 1. The van der Waals surface area contributed by atoms with Crippen LogP contribution >= 0.6 is 12.4 Å². The predicted molar refractivity (Wildman–Crippen MR) is 89.3 cm³/mol. The minimum absolute atomic E-state index is 0. The van der Waals surface area contributed by atoms with Gasteiger partial charge in [0.1, 0.15) is 5.75 Å². The van der Waals surface area contributed by atoms with Crippen LogP contribution in [-0.2, 0) is 11.3 Å². The average Bonchev–Trinajstić information content (AvgIpc) is 3.20. The van der Waals surface area contributed by atoms with E-state index in [1.54, 1.807) is 0 Å². The predicted octanol–water partition coefficient (Wildman–Crippen LogP) is 2.51. The molecule has 0 radical (unpaired) electrons. The molecule has 3 rings (SSSR count). The van der Waals surface area contributed by atoms with E-state index < -0.39 is 0 Å². The molecule has 1 heterocycles. The highest BCUT2D eigenvalue weighted by Crippen LogP contribution is 2.58. The van der Waals surface area contributed by atoms with Gasteiger partial charge in [-0.05, 0) is 50.8 Å². The van der Waals surface area contributed by atoms with Crippen LogP contribution in [0.25, 0.3) is 0 Å². The van der Waals surface area contributed by atoms with Crippen LogP contribution in [0.2, 0.25) is 0 Å². The number of piperidine rings is 1. The lowest BCUT2D eigenvalue weighted by Crippen LogP contribution is -2.33. The molecule has 0 aromatic heterocycles. The highest BCUT2D eigenvalue weighted by molar-refractivity contribution is 5.85. The van der Waals surface area contributed by atoms with Crippen LogP contribution in [0.15, 0.2) is 24.3 Å². The topological polar surface area (TPSA) is 50.4 Å². The summed E-state index contributed by atoms with van der Waals surface area (Å²) in [4.78, 5) is 12.3. The Labute approximate surface area is 138 Å². The fourth-order valence-electron chi connectivity index (χ4n) is 3.45. The quantitative estimate of drug-likeness (QED) is 0.875. The molecule has 1 amide bonds. The first-order valence-electron chi connectivity index (χ1n) is 7.94. The SMILES string of the molecule is CCOc1ccccc1CNC(=O)C1CC12CCNCC2.Cl. The van der Waals surface area contributed by atoms with E-state index in [0.717, 1.165) is 43.7 Å². The van der Waals surface area contributed by atoms with Gasteiger partial charge in [0.15, 0.2) is 0 Å². The average molecular weight is 325 g/mol. The summed E-state index contributed by atoms with van der Waals surface area (Å²) in [5, 5.41) is 6.46. The summed E-state index contributed by atoms with van der Waals surface area (Å²) in [5.41, 5.74) is 1.35. The summed E-state index contributed by atoms with van der Waals surface area (Å²) in [5.74, 6) is 1.30. The molecule has 122 valence electrons. The standard InChI is InChI=1S/C17H24N2O2.ClH/c1-2-21-15-6-4-3-5-13(15)12-19-16(20)14-11-17(14)7-9-18-10-8-17;/h3-6,14,18H,2,7-12H2,1H3,(H,19,20);1H. The summed E-state index contributed by atoms with van der Waals surface area (Å²) in [7, 11) is 0. The lowest BCUT2D eigenvalue weighted by molar-refractivity contribution is -0.123. The van der Waals surface area contributed by atoms with Gasteiger partial charge < -0.3 is 15.4 Å². The normalized spacial score (nSPS) is 21.8. The molecule has 1 atom stereocenters. The number of halogens is 1. The van der Waals surface area contributed by atoms with Gasteiger partial charge in [0.2, 0.25) is 5.91 Å². The second-order valence-electron chi connectivity index (χ2n) is 6.13. The van der Waals surface area contributed by atoms with E-state index in [1.807, 2.05) is 31.2 Å². The number of benzene rings is 1. The van der Waals surface area contributed by atoms with Crippen LogP contribution in [0.5, 0.6) is 5.75 Å². The van der Waals surface area contributed by atoms with Gasteiger partial charge in [0.25, 0.3) is 0 Å². The molecule has 22 heavy (non-hydrogen) atoms. The molecular formula is C17H25ClN2O2. The number of para-hydroxylation sites is 1. The maximum Gasteiger partial charge on any atom is 0.223 e. The second-order valence-corrected chi connectivity index (χ2v) is 6.13. The minimum Gasteiger partial charge on any atom is -0.494 e. The maximum atomic E-state index is 12.3. The molecule has 1 aliphatic heterocycles. The Balaban J connectivity index is 0.00000176. The highest BCUT2D eigenvalue weighted by Gasteiger charge is 2.57. The molecule has 1 aliphatic carbocycles. The first kappa shape index (κ1) is 17.1. The molecule has 1 aromatic carbocycles. The van der Waals surface area contributed by atoms with E-state index in [0.29, 0.717) is 18.6 Å². The number of carbonyl (C=O) groups is 1. The second kappa shape index (κ2) is 7.34. The maximum absolute atomic E-state index is 12.3. The number of ether oxygens (including phenoxy) is 1. The first-order valence-corrected chi connectivity index (χ1v) is 7.94. The Bertz CT molecular complexity index is 515. The molecule has 0 bridgehead atoms. The zero-order chi connectivity index (χ0) is 14.7. The molecular weight excluding hydrogens is 300 g/mol. The van der Waals surface area contributed by atoms with Gasteiger partial charge in [0.05, 0.1) is 6.61 Å². The lowest BCUT2D eigenvalue weighted by Gasteiger charge is -2.23. The van der Waals surface area contributed by atoms with Crippen LogP contribution in [0.3, 0.4) is 0 Å². The van der Waals surface area contributed by atoms with Crippen LogP contribution in [-0.4, -0.2) is 25.6 Å². The van der Waals surface area contributed by atoms with E-state index in [1.165, 1.54) is 0 Å². The smallest absolute Gasteiger partial charge is 0.223 e. The molecule has 1 saturated carbocycles. The Hall–Kier alpha value is -1.26. The molecule has 1 aromatic rings. The summed E-state index contributed by atoms with van der Waals surface area (Å²) < 4.78 is 5.60. The van der Waals surface area contributed by atoms with Crippen molar-refractivity contribution in [3.8, 4) is 5.75 Å². The van der Waals surface area contributed by atoms with Gasteiger partial charge in [-0.3, -0.25) is 4.79 Å². The number of rotatable bonds is 5. The number of nitrogens with one attached hydrogen (secondary N) is 2. The van der Waals surface area contributed by atoms with Gasteiger partial charge in [-0.15, -0.1) is 12.4 Å². The van der Waals surface area contributed by atoms with Crippen molar-refractivity contribution in [1.29, 1.82) is 0 Å². The van der Waals surface area contributed by atoms with E-state index in [-0.39, 0.29) is 24.2 Å². The van der Waals surface area contributed by atoms with Crippen molar-refractivity contribution in [3.05, 3.63) is 29.8 Å². The van der Waals surface area contributed by atoms with Crippen LogP contribution in [0, 0.1) is 11.3 Å². The molecule has 2 N–H and O–H groups in total. The Kier molecular flexibility index (Phi) is 5.70. The van der Waals surface area contributed by atoms with Gasteiger partial charge in [0, 0.05) is 18.0 Å². The van der Waals surface area contributed by atoms with E-state index in [9.17, 15) is 4.79 Å². The van der Waals surface area contributed by atoms with Crippen molar-refractivity contribution in [2.45, 2.75) is 32.7 Å². The third-order valence-corrected chi connectivity index (χ3v) is 4.83. The van der Waals surface area contributed by atoms with Crippen LogP contribution in [0.1, 0.15) is 31.7 Å². The van der Waals surface area contributed by atoms with Gasteiger partial charge in [-0.1, -0.05) is 18.2 Å². The number of amides is 1. The van der Waals surface area contributed by atoms with E-state index >= 15 is 0 Å². The number of hydrogen-bond acceptors (Lipinski definition) is 3. The third kappa shape index (κ3) is 3.55. The Morgan fingerprint density at radius 2 is 2.09 bits per heavy atom. The fourth-order valence-corrected chi connectivity index (χ4v) is 3.45. The van der Waals surface area contributed by atoms with Gasteiger partial charge in [-0.2, -0.15) is 0 Å². The zero-order valence-electron chi connectivity index (χ0n) is 13.1. The minimum atomic E-state index is 0. The van der Waals surface area contributed by atoms with Gasteiger partial charge >= 0.3 is 0 Å². The van der Waals surface area contributed by atoms with Crippen molar-refractivity contribution in [1.82, 2.24) is 10.6 Å². The lowest BCUT2D eigenvalue weighted by atomic mass is 9.92. The highest BCUT2D eigenvalue weighted by atomic mass is 35.5. The summed E-state index contributed by atoms with van der Waals surface area (Å²) >= 11 is 0. The van der Waals surface area contributed by atoms with E-state index in [4.69, 9.17) is 4.74 Å². The van der Waals surface area contributed by atoms with Crippen molar-refractivity contribution >= 4 is 18.3 Å². The van der Waals surface area contributed by atoms with Crippen LogP contribution < -0.4 is 15.4 Å². The Morgan fingerprint density at radius 3 is 2.82 bits per heavy atom. The zero-order valence-corrected chi connectivity index (χ0v) is 13.9. The summed E-state index contributed by atoms with van der Waals surface area (Å²) in [6.07, 6.45) is 3.34. The van der Waals surface area contributed by atoms with Crippen LogP contribution in [0.4, 0.5) is 0 Å². The number of hydrogen-bond donors (Lipinski definition) is 2. The summed E-state index contributed by atoms with van der Waals surface area (Å²) in [6.45, 7) is 5.28. The van der Waals surface area contributed by atoms with E-state index in [2.05, 4.69) is 10.6 Å². The summed E-state index contributed by atoms with van der Waals surface area (Å²) in [6, 6.07) is 7.91. The van der Waals surface area contributed by atoms with Crippen molar-refractivity contribution in [3.63, 3.8) is 0 Å². The monoisotopic (exact) mass is 324 g/mol. The molecule has 1 spiro atoms. The molecule has 4 nitrogen and oxygen atoms in total.